The fraction of sp³-hybridized carbons (Fsp3) is 0.176. The summed E-state index contributed by atoms with van der Waals surface area (Å²) in [5.74, 6) is 0.194. The molecule has 1 nitrogen and oxygen atoms in total. The minimum absolute atomic E-state index is 0.194. The summed E-state index contributed by atoms with van der Waals surface area (Å²) in [6, 6.07) is 12.0. The second-order valence-corrected chi connectivity index (χ2v) is 5.22. The summed E-state index contributed by atoms with van der Waals surface area (Å²) < 4.78 is 0. The molecule has 0 atom stereocenters. The Kier molecular flexibility index (Phi) is 3.96. The molecular formula is C17H17ClO. The van der Waals surface area contributed by atoms with Crippen molar-refractivity contribution in [2.45, 2.75) is 20.3 Å². The van der Waals surface area contributed by atoms with Crippen LogP contribution in [-0.2, 0) is 6.42 Å². The first-order chi connectivity index (χ1) is 8.99. The van der Waals surface area contributed by atoms with Crippen LogP contribution >= 0.6 is 11.6 Å². The number of hydrogen-bond donors (Lipinski definition) is 1. The van der Waals surface area contributed by atoms with Crippen molar-refractivity contribution in [2.75, 3.05) is 0 Å². The van der Waals surface area contributed by atoms with E-state index < -0.39 is 0 Å². The number of aryl methyl sites for hydroxylation is 1. The summed E-state index contributed by atoms with van der Waals surface area (Å²) in [6.45, 7) is 7.72. The third-order valence-electron chi connectivity index (χ3n) is 3.37. The van der Waals surface area contributed by atoms with Crippen LogP contribution in [0.15, 0.2) is 48.7 Å². The number of aliphatic hydroxyl groups excluding tert-OH is 1. The van der Waals surface area contributed by atoms with Crippen molar-refractivity contribution in [2.24, 2.45) is 0 Å². The summed E-state index contributed by atoms with van der Waals surface area (Å²) in [4.78, 5) is 0. The number of allylic oxidation sites excluding steroid dienone is 1. The Hall–Kier alpha value is -1.73. The van der Waals surface area contributed by atoms with Crippen LogP contribution in [0.1, 0.15) is 16.7 Å². The lowest BCUT2D eigenvalue weighted by atomic mass is 9.91. The third kappa shape index (κ3) is 2.99. The number of benzene rings is 2. The highest BCUT2D eigenvalue weighted by Crippen LogP contribution is 2.29. The van der Waals surface area contributed by atoms with Crippen molar-refractivity contribution in [1.29, 1.82) is 0 Å². The van der Waals surface area contributed by atoms with Gasteiger partial charge < -0.3 is 5.11 Å². The summed E-state index contributed by atoms with van der Waals surface area (Å²) in [6.07, 6.45) is 0.499. The smallest absolute Gasteiger partial charge is 0.0895 e. The summed E-state index contributed by atoms with van der Waals surface area (Å²) in [7, 11) is 0. The van der Waals surface area contributed by atoms with Gasteiger partial charge in [-0.2, -0.15) is 0 Å². The number of aliphatic hydroxyl groups is 1. The minimum Gasteiger partial charge on any atom is -0.513 e. The van der Waals surface area contributed by atoms with Crippen molar-refractivity contribution >= 4 is 11.6 Å². The zero-order valence-electron chi connectivity index (χ0n) is 11.2. The Morgan fingerprint density at radius 1 is 1.11 bits per heavy atom. The molecule has 1 N–H and O–H groups in total. The van der Waals surface area contributed by atoms with Gasteiger partial charge >= 0.3 is 0 Å². The van der Waals surface area contributed by atoms with E-state index in [2.05, 4.69) is 32.6 Å². The second-order valence-electron chi connectivity index (χ2n) is 4.78. The minimum atomic E-state index is 0.194. The monoisotopic (exact) mass is 272 g/mol. The average molecular weight is 273 g/mol. The molecule has 2 aromatic carbocycles. The van der Waals surface area contributed by atoms with E-state index in [4.69, 9.17) is 11.6 Å². The third-order valence-corrected chi connectivity index (χ3v) is 3.62. The maximum absolute atomic E-state index is 9.44. The second kappa shape index (κ2) is 5.50. The van der Waals surface area contributed by atoms with E-state index in [0.717, 1.165) is 16.1 Å². The molecule has 0 radical (unpaired) electrons. The van der Waals surface area contributed by atoms with Crippen LogP contribution in [0.5, 0.6) is 0 Å². The molecule has 0 fully saturated rings. The van der Waals surface area contributed by atoms with E-state index in [1.807, 2.05) is 24.3 Å². The summed E-state index contributed by atoms with van der Waals surface area (Å²) >= 11 is 5.92. The molecular weight excluding hydrogens is 256 g/mol. The highest BCUT2D eigenvalue weighted by molar-refractivity contribution is 6.30. The lowest BCUT2D eigenvalue weighted by molar-refractivity contribution is 0.401. The van der Waals surface area contributed by atoms with Crippen LogP contribution in [0.4, 0.5) is 0 Å². The lowest BCUT2D eigenvalue weighted by Crippen LogP contribution is -1.98. The Labute approximate surface area is 119 Å². The van der Waals surface area contributed by atoms with Gasteiger partial charge in [0.05, 0.1) is 5.76 Å². The normalized spacial score (nSPS) is 10.5. The molecule has 0 aliphatic heterocycles. The molecule has 0 aromatic heterocycles. The van der Waals surface area contributed by atoms with Gasteiger partial charge in [-0.3, -0.25) is 0 Å². The maximum atomic E-state index is 9.44. The van der Waals surface area contributed by atoms with Crippen LogP contribution in [0.3, 0.4) is 0 Å². The zero-order chi connectivity index (χ0) is 14.0. The topological polar surface area (TPSA) is 20.2 Å². The molecule has 0 spiro atoms. The van der Waals surface area contributed by atoms with Crippen LogP contribution in [0.2, 0.25) is 5.02 Å². The van der Waals surface area contributed by atoms with Crippen molar-refractivity contribution in [3.05, 3.63) is 70.4 Å². The van der Waals surface area contributed by atoms with Crippen molar-refractivity contribution < 1.29 is 5.11 Å². The molecule has 0 amide bonds. The molecule has 2 aromatic rings. The largest absolute Gasteiger partial charge is 0.513 e. The van der Waals surface area contributed by atoms with Crippen molar-refractivity contribution in [3.63, 3.8) is 0 Å². The average Bonchev–Trinajstić information content (AvgIpc) is 2.36. The molecule has 2 heteroatoms. The first-order valence-corrected chi connectivity index (χ1v) is 6.58. The first kappa shape index (κ1) is 13.7. The summed E-state index contributed by atoms with van der Waals surface area (Å²) in [5, 5.41) is 10.2. The Morgan fingerprint density at radius 3 is 2.32 bits per heavy atom. The molecule has 0 bridgehead atoms. The predicted octanol–water partition coefficient (Wildman–Crippen LogP) is 5.24. The fourth-order valence-electron chi connectivity index (χ4n) is 2.31. The van der Waals surface area contributed by atoms with Crippen molar-refractivity contribution in [3.8, 4) is 11.1 Å². The Bertz CT molecular complexity index is 612. The first-order valence-electron chi connectivity index (χ1n) is 6.21. The predicted molar refractivity (Wildman–Crippen MR) is 81.8 cm³/mol. The van der Waals surface area contributed by atoms with Gasteiger partial charge in [0.2, 0.25) is 0 Å². The highest BCUT2D eigenvalue weighted by Gasteiger charge is 2.10. The van der Waals surface area contributed by atoms with E-state index in [1.165, 1.54) is 16.7 Å². The van der Waals surface area contributed by atoms with E-state index in [-0.39, 0.29) is 5.76 Å². The molecule has 0 saturated heterocycles. The quantitative estimate of drug-likeness (QED) is 0.758. The lowest BCUT2D eigenvalue weighted by Gasteiger charge is -2.14. The van der Waals surface area contributed by atoms with Gasteiger partial charge in [0.1, 0.15) is 0 Å². The van der Waals surface area contributed by atoms with Gasteiger partial charge in [-0.05, 0) is 53.8 Å². The van der Waals surface area contributed by atoms with Crippen LogP contribution in [0.25, 0.3) is 11.1 Å². The Balaban J connectivity index is 2.53. The van der Waals surface area contributed by atoms with Gasteiger partial charge in [-0.15, -0.1) is 0 Å². The summed E-state index contributed by atoms with van der Waals surface area (Å²) in [5.41, 5.74) is 5.79. The van der Waals surface area contributed by atoms with E-state index >= 15 is 0 Å². The zero-order valence-corrected chi connectivity index (χ0v) is 12.0. The van der Waals surface area contributed by atoms with E-state index in [0.29, 0.717) is 6.42 Å². The number of halogens is 1. The molecule has 0 unspecified atom stereocenters. The van der Waals surface area contributed by atoms with E-state index in [1.54, 1.807) is 0 Å². The molecule has 98 valence electrons. The standard InChI is InChI=1S/C17H17ClO/c1-11-4-9-16(13(3)17(11)10-12(2)19)14-5-7-15(18)8-6-14/h4-9,19H,2,10H2,1,3H3. The van der Waals surface area contributed by atoms with Gasteiger partial charge in [0.15, 0.2) is 0 Å². The van der Waals surface area contributed by atoms with Crippen LogP contribution in [-0.4, -0.2) is 5.11 Å². The Morgan fingerprint density at radius 2 is 1.74 bits per heavy atom. The fourth-order valence-corrected chi connectivity index (χ4v) is 2.44. The highest BCUT2D eigenvalue weighted by atomic mass is 35.5. The van der Waals surface area contributed by atoms with Crippen molar-refractivity contribution in [1.82, 2.24) is 0 Å². The molecule has 19 heavy (non-hydrogen) atoms. The van der Waals surface area contributed by atoms with Gasteiger partial charge in [0, 0.05) is 11.4 Å². The van der Waals surface area contributed by atoms with Crippen LogP contribution < -0.4 is 0 Å². The van der Waals surface area contributed by atoms with Gasteiger partial charge in [-0.1, -0.05) is 42.4 Å². The van der Waals surface area contributed by atoms with Gasteiger partial charge in [-0.25, -0.2) is 0 Å². The SMILES string of the molecule is C=C(O)Cc1c(C)ccc(-c2ccc(Cl)cc2)c1C. The number of rotatable bonds is 3. The number of hydrogen-bond acceptors (Lipinski definition) is 1. The van der Waals surface area contributed by atoms with Crippen LogP contribution in [0, 0.1) is 13.8 Å². The molecule has 0 aliphatic carbocycles. The molecule has 0 heterocycles. The molecule has 0 saturated carbocycles. The molecule has 2 rings (SSSR count). The maximum Gasteiger partial charge on any atom is 0.0895 e. The van der Waals surface area contributed by atoms with Gasteiger partial charge in [0.25, 0.3) is 0 Å². The molecule has 0 aliphatic rings. The van der Waals surface area contributed by atoms with E-state index in [9.17, 15) is 5.11 Å².